The maximum absolute atomic E-state index is 12.5. The van der Waals surface area contributed by atoms with Crippen molar-refractivity contribution in [3.63, 3.8) is 0 Å². The van der Waals surface area contributed by atoms with E-state index in [4.69, 9.17) is 4.74 Å². The minimum absolute atomic E-state index is 0.0175. The van der Waals surface area contributed by atoms with Crippen molar-refractivity contribution in [1.29, 1.82) is 0 Å². The molecule has 23 heavy (non-hydrogen) atoms. The summed E-state index contributed by atoms with van der Waals surface area (Å²) in [7, 11) is 0. The number of rotatable bonds is 4. The molecule has 2 aromatic carbocycles. The summed E-state index contributed by atoms with van der Waals surface area (Å²) >= 11 is 0. The highest BCUT2D eigenvalue weighted by Gasteiger charge is 2.34. The molecule has 1 atom stereocenters. The summed E-state index contributed by atoms with van der Waals surface area (Å²) < 4.78 is 5.60. The lowest BCUT2D eigenvalue weighted by atomic mass is 9.87. The highest BCUT2D eigenvalue weighted by Crippen LogP contribution is 2.37. The van der Waals surface area contributed by atoms with Crippen LogP contribution in [-0.2, 0) is 10.4 Å². The van der Waals surface area contributed by atoms with E-state index < -0.39 is 5.60 Å². The van der Waals surface area contributed by atoms with Crippen molar-refractivity contribution in [2.45, 2.75) is 25.4 Å². The largest absolute Gasteiger partial charge is 0.493 e. The smallest absolute Gasteiger partial charge is 0.230 e. The van der Waals surface area contributed by atoms with Crippen LogP contribution in [0.4, 0.5) is 5.69 Å². The van der Waals surface area contributed by atoms with Gasteiger partial charge in [-0.05, 0) is 31.5 Å². The van der Waals surface area contributed by atoms with Crippen molar-refractivity contribution in [3.8, 4) is 5.75 Å². The number of benzene rings is 2. The molecule has 3 rings (SSSR count). The highest BCUT2D eigenvalue weighted by molar-refractivity contribution is 5.94. The molecule has 1 amide bonds. The van der Waals surface area contributed by atoms with E-state index in [-0.39, 0.29) is 5.91 Å². The van der Waals surface area contributed by atoms with Crippen molar-refractivity contribution >= 4 is 11.6 Å². The lowest BCUT2D eigenvalue weighted by Gasteiger charge is -2.38. The summed E-state index contributed by atoms with van der Waals surface area (Å²) in [4.78, 5) is 14.3. The van der Waals surface area contributed by atoms with E-state index in [1.807, 2.05) is 54.6 Å². The molecule has 1 aliphatic rings. The number of nitrogens with zero attached hydrogens (tertiary/aromatic N) is 1. The standard InChI is InChI=1S/C19H21NO3/c1-19(22)12-13-20(17-10-6-5-9-16(17)19)18(21)11-14-23-15-7-3-2-4-8-15/h2-10,22H,11-14H2,1H3. The molecule has 0 saturated heterocycles. The average molecular weight is 311 g/mol. The molecule has 0 saturated carbocycles. The number of amides is 1. The Morgan fingerprint density at radius 2 is 1.87 bits per heavy atom. The van der Waals surface area contributed by atoms with Gasteiger partial charge in [-0.3, -0.25) is 4.79 Å². The number of carbonyl (C=O) groups excluding carboxylic acids is 1. The number of hydrogen-bond donors (Lipinski definition) is 1. The van der Waals surface area contributed by atoms with Crippen molar-refractivity contribution in [2.75, 3.05) is 18.1 Å². The molecule has 0 bridgehead atoms. The second-order valence-electron chi connectivity index (χ2n) is 6.00. The van der Waals surface area contributed by atoms with Crippen molar-refractivity contribution < 1.29 is 14.6 Å². The second-order valence-corrected chi connectivity index (χ2v) is 6.00. The fourth-order valence-corrected chi connectivity index (χ4v) is 2.92. The topological polar surface area (TPSA) is 49.8 Å². The third-order valence-electron chi connectivity index (χ3n) is 4.23. The van der Waals surface area contributed by atoms with Crippen molar-refractivity contribution in [1.82, 2.24) is 0 Å². The van der Waals surface area contributed by atoms with Crippen LogP contribution in [0.15, 0.2) is 54.6 Å². The first-order valence-electron chi connectivity index (χ1n) is 7.88. The minimum atomic E-state index is -0.881. The van der Waals surface area contributed by atoms with E-state index in [1.54, 1.807) is 11.8 Å². The Hall–Kier alpha value is -2.33. The third-order valence-corrected chi connectivity index (χ3v) is 4.23. The van der Waals surface area contributed by atoms with Crippen LogP contribution in [0.2, 0.25) is 0 Å². The van der Waals surface area contributed by atoms with Crippen molar-refractivity contribution in [3.05, 3.63) is 60.2 Å². The Labute approximate surface area is 136 Å². The first-order chi connectivity index (χ1) is 11.1. The molecule has 2 aromatic rings. The van der Waals surface area contributed by atoms with E-state index in [0.29, 0.717) is 26.0 Å². The summed E-state index contributed by atoms with van der Waals surface area (Å²) in [5, 5.41) is 10.5. The predicted molar refractivity (Wildman–Crippen MR) is 89.5 cm³/mol. The molecule has 0 aromatic heterocycles. The lowest BCUT2D eigenvalue weighted by Crippen LogP contribution is -2.42. The van der Waals surface area contributed by atoms with Gasteiger partial charge in [-0.25, -0.2) is 0 Å². The van der Waals surface area contributed by atoms with Gasteiger partial charge in [0.25, 0.3) is 0 Å². The molecule has 4 nitrogen and oxygen atoms in total. The number of aliphatic hydroxyl groups is 1. The van der Waals surface area contributed by atoms with Gasteiger partial charge in [0, 0.05) is 17.8 Å². The average Bonchev–Trinajstić information content (AvgIpc) is 2.56. The van der Waals surface area contributed by atoms with Crippen LogP contribution in [0.1, 0.15) is 25.3 Å². The van der Waals surface area contributed by atoms with Gasteiger partial charge in [0.1, 0.15) is 5.75 Å². The molecular formula is C19H21NO3. The van der Waals surface area contributed by atoms with Gasteiger partial charge < -0.3 is 14.7 Å². The number of ether oxygens (including phenoxy) is 1. The molecule has 1 aliphatic heterocycles. The highest BCUT2D eigenvalue weighted by atomic mass is 16.5. The Kier molecular flexibility index (Phi) is 4.35. The molecule has 4 heteroatoms. The summed E-state index contributed by atoms with van der Waals surface area (Å²) in [6, 6.07) is 17.0. The van der Waals surface area contributed by atoms with Crippen LogP contribution in [0.3, 0.4) is 0 Å². The van der Waals surface area contributed by atoms with E-state index in [2.05, 4.69) is 0 Å². The predicted octanol–water partition coefficient (Wildman–Crippen LogP) is 3.10. The van der Waals surface area contributed by atoms with Crippen LogP contribution in [0.25, 0.3) is 0 Å². The molecule has 1 heterocycles. The third kappa shape index (κ3) is 3.37. The lowest BCUT2D eigenvalue weighted by molar-refractivity contribution is -0.119. The normalized spacial score (nSPS) is 20.0. The second kappa shape index (κ2) is 6.42. The summed E-state index contributed by atoms with van der Waals surface area (Å²) in [6.07, 6.45) is 0.848. The zero-order valence-electron chi connectivity index (χ0n) is 13.2. The minimum Gasteiger partial charge on any atom is -0.493 e. The number of para-hydroxylation sites is 2. The summed E-state index contributed by atoms with van der Waals surface area (Å²) in [6.45, 7) is 2.66. The number of anilines is 1. The Balaban J connectivity index is 1.66. The van der Waals surface area contributed by atoms with Crippen molar-refractivity contribution in [2.24, 2.45) is 0 Å². The van der Waals surface area contributed by atoms with Gasteiger partial charge in [-0.2, -0.15) is 0 Å². The van der Waals surface area contributed by atoms with Crippen LogP contribution in [0, 0.1) is 0 Å². The van der Waals surface area contributed by atoms with Gasteiger partial charge in [0.2, 0.25) is 5.91 Å². The summed E-state index contributed by atoms with van der Waals surface area (Å²) in [5.41, 5.74) is 0.727. The maximum atomic E-state index is 12.5. The first-order valence-corrected chi connectivity index (χ1v) is 7.88. The van der Waals surface area contributed by atoms with Crippen LogP contribution in [0.5, 0.6) is 5.75 Å². The van der Waals surface area contributed by atoms with E-state index in [1.165, 1.54) is 0 Å². The van der Waals surface area contributed by atoms with Gasteiger partial charge in [0.05, 0.1) is 18.6 Å². The Morgan fingerprint density at radius 3 is 2.65 bits per heavy atom. The molecule has 0 aliphatic carbocycles. The van der Waals surface area contributed by atoms with Gasteiger partial charge in [0.15, 0.2) is 0 Å². The quantitative estimate of drug-likeness (QED) is 0.944. The van der Waals surface area contributed by atoms with Crippen LogP contribution < -0.4 is 9.64 Å². The Bertz CT molecular complexity index is 682. The molecule has 1 unspecified atom stereocenters. The van der Waals surface area contributed by atoms with E-state index in [9.17, 15) is 9.90 Å². The molecule has 120 valence electrons. The molecule has 0 fully saturated rings. The van der Waals surface area contributed by atoms with Gasteiger partial charge in [-0.15, -0.1) is 0 Å². The number of carbonyl (C=O) groups is 1. The number of fused-ring (bicyclic) bond motifs is 1. The van der Waals surface area contributed by atoms with E-state index >= 15 is 0 Å². The Morgan fingerprint density at radius 1 is 1.17 bits per heavy atom. The molecule has 0 spiro atoms. The zero-order valence-corrected chi connectivity index (χ0v) is 13.2. The van der Waals surface area contributed by atoms with Gasteiger partial charge >= 0.3 is 0 Å². The SMILES string of the molecule is CC1(O)CCN(C(=O)CCOc2ccccc2)c2ccccc21. The molecule has 1 N–H and O–H groups in total. The van der Waals surface area contributed by atoms with Crippen LogP contribution >= 0.6 is 0 Å². The fourth-order valence-electron chi connectivity index (χ4n) is 2.92. The maximum Gasteiger partial charge on any atom is 0.230 e. The van der Waals surface area contributed by atoms with E-state index in [0.717, 1.165) is 17.0 Å². The van der Waals surface area contributed by atoms with Gasteiger partial charge in [-0.1, -0.05) is 36.4 Å². The van der Waals surface area contributed by atoms with Crippen LogP contribution in [-0.4, -0.2) is 24.2 Å². The monoisotopic (exact) mass is 311 g/mol. The molecular weight excluding hydrogens is 290 g/mol. The first kappa shape index (κ1) is 15.6. The number of hydrogen-bond acceptors (Lipinski definition) is 3. The molecule has 0 radical (unpaired) electrons. The summed E-state index contributed by atoms with van der Waals surface area (Å²) in [5.74, 6) is 0.783. The fraction of sp³-hybridized carbons (Fsp3) is 0.316. The zero-order chi connectivity index (χ0) is 16.3.